The number of thioether (sulfide) groups is 1. The molecule has 0 radical (unpaired) electrons. The SMILES string of the molecule is Cc1ncc(-c2ccc(SC(C)C)cc2)nc1C(=N)OC(=N)c1cccc(C(C)NC(=O)OC(C)(C)C)c1.O.O.[HH]. The van der Waals surface area contributed by atoms with Gasteiger partial charge in [0.15, 0.2) is 0 Å². The van der Waals surface area contributed by atoms with E-state index in [-0.39, 0.29) is 35.9 Å². The summed E-state index contributed by atoms with van der Waals surface area (Å²) in [6, 6.07) is 14.8. The minimum absolute atomic E-state index is 0. The summed E-state index contributed by atoms with van der Waals surface area (Å²) in [4.78, 5) is 22.3. The second-order valence-corrected chi connectivity index (χ2v) is 11.8. The fraction of sp³-hybridized carbons (Fsp3) is 0.345. The van der Waals surface area contributed by atoms with Gasteiger partial charge >= 0.3 is 6.09 Å². The zero-order valence-corrected chi connectivity index (χ0v) is 24.7. The first-order chi connectivity index (χ1) is 17.8. The molecule has 0 saturated carbocycles. The summed E-state index contributed by atoms with van der Waals surface area (Å²) in [7, 11) is 0. The Morgan fingerprint density at radius 2 is 1.68 bits per heavy atom. The van der Waals surface area contributed by atoms with Crippen LogP contribution in [0.2, 0.25) is 0 Å². The van der Waals surface area contributed by atoms with Crippen molar-refractivity contribution in [1.82, 2.24) is 15.3 Å². The lowest BCUT2D eigenvalue weighted by atomic mass is 10.1. The molecule has 0 aliphatic carbocycles. The molecule has 40 heavy (non-hydrogen) atoms. The molecule has 2 aromatic carbocycles. The van der Waals surface area contributed by atoms with Crippen LogP contribution in [0.4, 0.5) is 4.79 Å². The van der Waals surface area contributed by atoms with E-state index < -0.39 is 11.7 Å². The van der Waals surface area contributed by atoms with Gasteiger partial charge < -0.3 is 25.7 Å². The lowest BCUT2D eigenvalue weighted by Crippen LogP contribution is -2.34. The minimum Gasteiger partial charge on any atom is -0.444 e. The van der Waals surface area contributed by atoms with Gasteiger partial charge in [0.25, 0.3) is 0 Å². The summed E-state index contributed by atoms with van der Waals surface area (Å²) in [5, 5.41) is 20.2. The van der Waals surface area contributed by atoms with E-state index in [9.17, 15) is 4.79 Å². The van der Waals surface area contributed by atoms with Crippen LogP contribution in [0.15, 0.2) is 59.6 Å². The Kier molecular flexibility index (Phi) is 12.4. The van der Waals surface area contributed by atoms with Crippen LogP contribution in [0.25, 0.3) is 11.3 Å². The fourth-order valence-electron chi connectivity index (χ4n) is 3.51. The van der Waals surface area contributed by atoms with E-state index in [2.05, 4.69) is 29.1 Å². The third-order valence-electron chi connectivity index (χ3n) is 5.28. The molecule has 1 aromatic heterocycles. The first-order valence-electron chi connectivity index (χ1n) is 12.4. The molecule has 3 rings (SSSR count). The highest BCUT2D eigenvalue weighted by molar-refractivity contribution is 7.99. The number of aromatic nitrogens is 2. The van der Waals surface area contributed by atoms with E-state index in [0.717, 1.165) is 11.1 Å². The van der Waals surface area contributed by atoms with E-state index in [1.807, 2.05) is 37.3 Å². The number of nitrogens with one attached hydrogen (secondary N) is 3. The van der Waals surface area contributed by atoms with Crippen molar-refractivity contribution in [2.45, 2.75) is 70.3 Å². The Morgan fingerprint density at radius 1 is 1.02 bits per heavy atom. The number of carbonyl (C=O) groups is 1. The van der Waals surface area contributed by atoms with Crippen molar-refractivity contribution in [2.75, 3.05) is 0 Å². The Hall–Kier alpha value is -3.80. The molecule has 0 bridgehead atoms. The number of carbonyl (C=O) groups excluding carboxylic acids is 1. The number of rotatable bonds is 7. The van der Waals surface area contributed by atoms with Gasteiger partial charge in [0.2, 0.25) is 11.8 Å². The maximum absolute atomic E-state index is 12.1. The number of hydrogen-bond acceptors (Lipinski definition) is 8. The minimum atomic E-state index is -0.601. The second kappa shape index (κ2) is 14.5. The average molecular weight is 572 g/mol. The maximum Gasteiger partial charge on any atom is 0.408 e. The van der Waals surface area contributed by atoms with Gasteiger partial charge in [0.05, 0.1) is 23.6 Å². The van der Waals surface area contributed by atoms with Gasteiger partial charge in [-0.05, 0) is 64.4 Å². The Bertz CT molecular complexity index is 1330. The van der Waals surface area contributed by atoms with Crippen LogP contribution in [0, 0.1) is 17.7 Å². The zero-order valence-electron chi connectivity index (χ0n) is 23.9. The Balaban J connectivity index is 0.00000533. The molecular formula is C29H41N5O5S. The first kappa shape index (κ1) is 34.2. The second-order valence-electron chi connectivity index (χ2n) is 10.1. The highest BCUT2D eigenvalue weighted by atomic mass is 32.2. The lowest BCUT2D eigenvalue weighted by Gasteiger charge is -2.22. The van der Waals surface area contributed by atoms with E-state index in [1.165, 1.54) is 4.90 Å². The van der Waals surface area contributed by atoms with Crippen molar-refractivity contribution in [3.8, 4) is 11.3 Å². The predicted octanol–water partition coefficient (Wildman–Crippen LogP) is 5.50. The summed E-state index contributed by atoms with van der Waals surface area (Å²) in [6.07, 6.45) is 1.15. The van der Waals surface area contributed by atoms with Gasteiger partial charge in [-0.15, -0.1) is 11.8 Å². The summed E-state index contributed by atoms with van der Waals surface area (Å²) < 4.78 is 10.9. The molecule has 7 N–H and O–H groups in total. The normalized spacial score (nSPS) is 11.5. The van der Waals surface area contributed by atoms with Gasteiger partial charge in [-0.25, -0.2) is 9.78 Å². The molecule has 0 spiro atoms. The molecule has 10 nitrogen and oxygen atoms in total. The molecule has 1 heterocycles. The fourth-order valence-corrected chi connectivity index (χ4v) is 4.34. The maximum atomic E-state index is 12.1. The van der Waals surface area contributed by atoms with Crippen molar-refractivity contribution in [3.05, 3.63) is 77.2 Å². The van der Waals surface area contributed by atoms with Gasteiger partial charge in [0.1, 0.15) is 11.3 Å². The van der Waals surface area contributed by atoms with Crippen molar-refractivity contribution in [1.29, 1.82) is 10.8 Å². The summed E-state index contributed by atoms with van der Waals surface area (Å²) in [6.45, 7) is 13.3. The topological polar surface area (TPSA) is 184 Å². The van der Waals surface area contributed by atoms with Gasteiger partial charge in [0, 0.05) is 22.7 Å². The van der Waals surface area contributed by atoms with E-state index in [4.69, 9.17) is 20.3 Å². The van der Waals surface area contributed by atoms with Crippen molar-refractivity contribution >= 4 is 29.7 Å². The number of benzene rings is 2. The van der Waals surface area contributed by atoms with E-state index in [0.29, 0.717) is 22.2 Å². The molecule has 0 fully saturated rings. The standard InChI is InChI=1S/C29H35N5O3S.2H2O.H2/c1-17(2)38-23-13-11-20(12-14-23)24-16-32-19(4)25(34-24)27(31)36-26(30)22-10-8-9-21(15-22)18(3)33-28(35)37-29(5,6)7;;;/h8-18,30-31H,1-7H3,(H,33,35);2*1H2;1H. The molecule has 1 amide bonds. The molecule has 11 heteroatoms. The summed E-state index contributed by atoms with van der Waals surface area (Å²) >= 11 is 1.78. The molecule has 0 aliphatic heterocycles. The predicted molar refractivity (Wildman–Crippen MR) is 162 cm³/mol. The third kappa shape index (κ3) is 9.74. The monoisotopic (exact) mass is 571 g/mol. The molecule has 1 unspecified atom stereocenters. The molecule has 0 saturated heterocycles. The number of alkyl carbamates (subject to hydrolysis) is 1. The van der Waals surface area contributed by atoms with E-state index >= 15 is 0 Å². The van der Waals surface area contributed by atoms with Crippen LogP contribution in [-0.2, 0) is 9.47 Å². The van der Waals surface area contributed by atoms with Gasteiger partial charge in [-0.3, -0.25) is 15.8 Å². The van der Waals surface area contributed by atoms with Crippen LogP contribution in [-0.4, -0.2) is 49.7 Å². The first-order valence-corrected chi connectivity index (χ1v) is 13.3. The summed E-state index contributed by atoms with van der Waals surface area (Å²) in [5.74, 6) is -0.470. The number of ether oxygens (including phenoxy) is 2. The van der Waals surface area contributed by atoms with E-state index in [1.54, 1.807) is 63.9 Å². The van der Waals surface area contributed by atoms with Crippen molar-refractivity contribution < 1.29 is 26.6 Å². The smallest absolute Gasteiger partial charge is 0.408 e. The molecule has 1 atom stereocenters. The number of nitrogens with zero attached hydrogens (tertiary/aromatic N) is 2. The largest absolute Gasteiger partial charge is 0.444 e. The van der Waals surface area contributed by atoms with Crippen molar-refractivity contribution in [3.63, 3.8) is 0 Å². The molecule has 3 aromatic rings. The van der Waals surface area contributed by atoms with Gasteiger partial charge in [-0.2, -0.15) is 0 Å². The van der Waals surface area contributed by atoms with Crippen LogP contribution in [0.1, 0.15) is 71.5 Å². The molecular weight excluding hydrogens is 530 g/mol. The summed E-state index contributed by atoms with van der Waals surface area (Å²) in [5.41, 5.74) is 2.93. The third-order valence-corrected chi connectivity index (χ3v) is 6.29. The zero-order chi connectivity index (χ0) is 28.0. The van der Waals surface area contributed by atoms with Crippen LogP contribution in [0.3, 0.4) is 0 Å². The molecule has 218 valence electrons. The Morgan fingerprint density at radius 3 is 2.27 bits per heavy atom. The molecule has 0 aliphatic rings. The van der Waals surface area contributed by atoms with Crippen LogP contribution >= 0.6 is 11.8 Å². The van der Waals surface area contributed by atoms with Crippen LogP contribution < -0.4 is 5.32 Å². The number of hydrogen-bond donors (Lipinski definition) is 3. The number of amides is 1. The van der Waals surface area contributed by atoms with Crippen molar-refractivity contribution in [2.24, 2.45) is 0 Å². The van der Waals surface area contributed by atoms with Crippen LogP contribution in [0.5, 0.6) is 0 Å². The highest BCUT2D eigenvalue weighted by Gasteiger charge is 2.20. The Labute approximate surface area is 241 Å². The number of aryl methyl sites for hydroxylation is 1. The lowest BCUT2D eigenvalue weighted by molar-refractivity contribution is 0.0508. The quantitative estimate of drug-likeness (QED) is 0.191. The van der Waals surface area contributed by atoms with Gasteiger partial charge in [-0.1, -0.05) is 38.1 Å². The highest BCUT2D eigenvalue weighted by Crippen LogP contribution is 2.26. The average Bonchev–Trinajstić information content (AvgIpc) is 2.83.